The van der Waals surface area contributed by atoms with Gasteiger partial charge in [0.1, 0.15) is 23.2 Å². The van der Waals surface area contributed by atoms with Gasteiger partial charge in [0, 0.05) is 0 Å². The quantitative estimate of drug-likeness (QED) is 0.464. The molecule has 0 saturated carbocycles. The summed E-state index contributed by atoms with van der Waals surface area (Å²) < 4.78 is 0. The van der Waals surface area contributed by atoms with E-state index in [0.29, 0.717) is 0 Å². The maximum absolute atomic E-state index is 2.32. The zero-order valence-corrected chi connectivity index (χ0v) is 15.2. The molecule has 0 bridgehead atoms. The Bertz CT molecular complexity index is 614. The normalized spacial score (nSPS) is 10.9. The van der Waals surface area contributed by atoms with Crippen LogP contribution in [-0.4, -0.2) is 14.6 Å². The molecule has 0 unspecified atom stereocenters. The van der Waals surface area contributed by atoms with Gasteiger partial charge in [-0.2, -0.15) is 0 Å². The summed E-state index contributed by atoms with van der Waals surface area (Å²) in [5, 5.41) is 4.47. The number of rotatable bonds is 6. The van der Waals surface area contributed by atoms with Crippen molar-refractivity contribution in [2.24, 2.45) is 0 Å². The van der Waals surface area contributed by atoms with Crippen LogP contribution in [0, 0.1) is 0 Å². The molecule has 0 aliphatic heterocycles. The van der Waals surface area contributed by atoms with Crippen molar-refractivity contribution in [2.75, 3.05) is 6.16 Å². The minimum absolute atomic E-state index is 0. The summed E-state index contributed by atoms with van der Waals surface area (Å²) in [6, 6.07) is 33.4. The van der Waals surface area contributed by atoms with Gasteiger partial charge in [-0.1, -0.05) is 67.9 Å². The van der Waals surface area contributed by atoms with Gasteiger partial charge in [0.15, 0.2) is 0 Å². The summed E-state index contributed by atoms with van der Waals surface area (Å²) >= 11 is 0. The molecule has 2 heteroatoms. The number of hydrogen-bond acceptors (Lipinski definition) is 0. The highest BCUT2D eigenvalue weighted by Gasteiger charge is 2.44. The van der Waals surface area contributed by atoms with E-state index in [9.17, 15) is 0 Å². The zero-order chi connectivity index (χ0) is 16.0. The molecule has 0 aromatic heterocycles. The third-order valence-electron chi connectivity index (χ3n) is 4.44. The Hall–Kier alpha value is -1.85. The van der Waals surface area contributed by atoms with E-state index in [1.54, 1.807) is 0 Å². The second-order valence-electron chi connectivity index (χ2n) is 5.89. The fraction of sp³-hybridized carbons (Fsp3) is 0.182. The van der Waals surface area contributed by atoms with E-state index in [1.807, 2.05) is 0 Å². The molecule has 3 aromatic carbocycles. The van der Waals surface area contributed by atoms with Crippen LogP contribution in [0.15, 0.2) is 91.0 Å². The van der Waals surface area contributed by atoms with Gasteiger partial charge >= 0.3 is 0 Å². The van der Waals surface area contributed by atoms with Crippen molar-refractivity contribution in [3.8, 4) is 0 Å². The summed E-state index contributed by atoms with van der Waals surface area (Å²) in [6.07, 6.45) is 3.72. The van der Waals surface area contributed by atoms with Crippen molar-refractivity contribution >= 4 is 31.6 Å². The largest absolute Gasteiger partial charge is 1.00 e. The van der Waals surface area contributed by atoms with E-state index in [4.69, 9.17) is 0 Å². The summed E-state index contributed by atoms with van der Waals surface area (Å²) in [5.41, 5.74) is 0. The Morgan fingerprint density at radius 3 is 1.21 bits per heavy atom. The van der Waals surface area contributed by atoms with Gasteiger partial charge in [-0.05, 0) is 42.8 Å². The molecule has 3 aromatic rings. The molecule has 3 rings (SSSR count). The highest BCUT2D eigenvalue weighted by molar-refractivity contribution is 7.95. The second kappa shape index (κ2) is 8.85. The van der Waals surface area contributed by atoms with Crippen LogP contribution in [0.25, 0.3) is 0 Å². The molecule has 0 spiro atoms. The van der Waals surface area contributed by atoms with E-state index in [2.05, 4.69) is 97.9 Å². The standard InChI is InChI=1S/C22H24P.B/c1-2-3-19-23(20-13-7-4-8-14-20,21-15-9-5-10-16-21)22-17-11-6-12-18-22;/h4-18H,2-3,19H2,1H3;/q+1;-1. The molecule has 0 fully saturated rings. The lowest BCUT2D eigenvalue weighted by molar-refractivity contribution is 0.891. The van der Waals surface area contributed by atoms with Crippen molar-refractivity contribution in [1.29, 1.82) is 0 Å². The SMILES string of the molecule is CCCC[P+](c1ccccc1)(c1ccccc1)c1ccccc1.[B-]. The van der Waals surface area contributed by atoms with Crippen LogP contribution in [0.1, 0.15) is 19.8 Å². The molecule has 120 valence electrons. The van der Waals surface area contributed by atoms with Gasteiger partial charge in [0.25, 0.3) is 0 Å². The molecule has 0 heterocycles. The minimum Gasteiger partial charge on any atom is -1.00 e. The zero-order valence-electron chi connectivity index (χ0n) is 14.3. The second-order valence-corrected chi connectivity index (χ2v) is 9.51. The van der Waals surface area contributed by atoms with Crippen molar-refractivity contribution in [3.63, 3.8) is 0 Å². The highest BCUT2D eigenvalue weighted by atomic mass is 31.2. The predicted molar refractivity (Wildman–Crippen MR) is 111 cm³/mol. The van der Waals surface area contributed by atoms with Crippen LogP contribution in [-0.2, 0) is 0 Å². The molecule has 0 nitrogen and oxygen atoms in total. The van der Waals surface area contributed by atoms with Crippen molar-refractivity contribution in [2.45, 2.75) is 19.8 Å². The number of benzene rings is 3. The van der Waals surface area contributed by atoms with E-state index >= 15 is 0 Å². The fourth-order valence-corrected chi connectivity index (χ4v) is 7.78. The fourth-order valence-electron chi connectivity index (χ4n) is 3.28. The van der Waals surface area contributed by atoms with Gasteiger partial charge in [0.2, 0.25) is 0 Å². The molecular weight excluding hydrogens is 306 g/mol. The lowest BCUT2D eigenvalue weighted by Crippen LogP contribution is -2.33. The van der Waals surface area contributed by atoms with Gasteiger partial charge in [-0.15, -0.1) is 0 Å². The smallest absolute Gasteiger partial charge is 0.112 e. The first-order chi connectivity index (χ1) is 11.4. The maximum atomic E-state index is 2.32. The van der Waals surface area contributed by atoms with Gasteiger partial charge in [0.05, 0.1) is 6.16 Å². The average Bonchev–Trinajstić information content (AvgIpc) is 2.65. The molecular formula is C22H24BP. The maximum Gasteiger partial charge on any atom is 0.112 e. The van der Waals surface area contributed by atoms with Crippen LogP contribution >= 0.6 is 7.26 Å². The van der Waals surface area contributed by atoms with Crippen LogP contribution in [0.2, 0.25) is 0 Å². The summed E-state index contributed by atoms with van der Waals surface area (Å²) in [4.78, 5) is 0. The lowest BCUT2D eigenvalue weighted by Gasteiger charge is -2.27. The Morgan fingerprint density at radius 1 is 0.583 bits per heavy atom. The number of unbranched alkanes of at least 4 members (excludes halogenated alkanes) is 1. The summed E-state index contributed by atoms with van der Waals surface area (Å²) in [7, 11) is -1.57. The molecule has 0 amide bonds. The molecule has 0 atom stereocenters. The Labute approximate surface area is 148 Å². The summed E-state index contributed by atoms with van der Waals surface area (Å²) in [5.74, 6) is 0. The van der Waals surface area contributed by atoms with Crippen molar-refractivity contribution < 1.29 is 0 Å². The molecule has 0 aliphatic rings. The van der Waals surface area contributed by atoms with Gasteiger partial charge < -0.3 is 8.41 Å². The monoisotopic (exact) mass is 330 g/mol. The number of hydrogen-bond donors (Lipinski definition) is 0. The topological polar surface area (TPSA) is 0 Å². The molecule has 0 saturated heterocycles. The van der Waals surface area contributed by atoms with E-state index in [1.165, 1.54) is 34.9 Å². The van der Waals surface area contributed by atoms with Crippen LogP contribution in [0.5, 0.6) is 0 Å². The predicted octanol–water partition coefficient (Wildman–Crippen LogP) is 4.40. The third kappa shape index (κ3) is 3.63. The molecule has 24 heavy (non-hydrogen) atoms. The van der Waals surface area contributed by atoms with Crippen LogP contribution in [0.3, 0.4) is 0 Å². The van der Waals surface area contributed by atoms with Crippen LogP contribution < -0.4 is 15.9 Å². The molecule has 0 aliphatic carbocycles. The molecule has 0 N–H and O–H groups in total. The van der Waals surface area contributed by atoms with Gasteiger partial charge in [-0.25, -0.2) is 0 Å². The Morgan fingerprint density at radius 2 is 0.917 bits per heavy atom. The average molecular weight is 330 g/mol. The highest BCUT2D eigenvalue weighted by Crippen LogP contribution is 2.55. The minimum atomic E-state index is -1.57. The first-order valence-corrected chi connectivity index (χ1v) is 10.4. The van der Waals surface area contributed by atoms with Gasteiger partial charge in [-0.3, -0.25) is 0 Å². The van der Waals surface area contributed by atoms with E-state index in [0.717, 1.165) is 0 Å². The first-order valence-electron chi connectivity index (χ1n) is 8.43. The lowest BCUT2D eigenvalue weighted by atomic mass is 10.3. The van der Waals surface area contributed by atoms with Crippen LogP contribution in [0.4, 0.5) is 0 Å². The Kier molecular flexibility index (Phi) is 6.82. The summed E-state index contributed by atoms with van der Waals surface area (Å²) in [6.45, 7) is 2.29. The van der Waals surface area contributed by atoms with Crippen molar-refractivity contribution in [1.82, 2.24) is 0 Å². The molecule has 4 radical (unpaired) electrons. The van der Waals surface area contributed by atoms with E-state index in [-0.39, 0.29) is 8.41 Å². The Balaban J connectivity index is 0.00000208. The van der Waals surface area contributed by atoms with E-state index < -0.39 is 7.26 Å². The first kappa shape index (κ1) is 18.5. The third-order valence-corrected chi connectivity index (χ3v) is 8.96. The van der Waals surface area contributed by atoms with Crippen molar-refractivity contribution in [3.05, 3.63) is 91.0 Å².